The summed E-state index contributed by atoms with van der Waals surface area (Å²) in [6, 6.07) is 22.5. The number of nitriles is 1. The number of thiophene rings is 1. The highest BCUT2D eigenvalue weighted by atomic mass is 32.1. The number of nitrogens with zero attached hydrogens (tertiary/aromatic N) is 4. The SMILES string of the molecule is N#C[C@@H]1CN(C(=O)[C@@H]2CC[C@@H]3CCN(C(=O)OCc4ccccc4)C[C@H](NC(=O)c4cc5cc(C(F)(F)P(=O)(O)O)ccc5s4)C(=O)N32)C[C@H]1c1ccccc1. The molecule has 3 aliphatic heterocycles. The Morgan fingerprint density at radius 3 is 2.36 bits per heavy atom. The number of fused-ring (bicyclic) bond motifs is 2. The van der Waals surface area contributed by atoms with Gasteiger partial charge in [-0.05, 0) is 54.0 Å². The van der Waals surface area contributed by atoms with Crippen LogP contribution >= 0.6 is 18.9 Å². The van der Waals surface area contributed by atoms with Crippen LogP contribution in [0.2, 0.25) is 0 Å². The summed E-state index contributed by atoms with van der Waals surface area (Å²) in [6.45, 7) is 0.348. The van der Waals surface area contributed by atoms with Gasteiger partial charge in [0.2, 0.25) is 11.8 Å². The zero-order valence-electron chi connectivity index (χ0n) is 29.9. The highest BCUT2D eigenvalue weighted by molar-refractivity contribution is 7.52. The number of likely N-dealkylation sites (tertiary alicyclic amines) is 1. The first kappa shape index (κ1) is 39.1. The van der Waals surface area contributed by atoms with Crippen LogP contribution in [0.3, 0.4) is 0 Å². The molecule has 3 N–H and O–H groups in total. The van der Waals surface area contributed by atoms with Gasteiger partial charge < -0.3 is 34.5 Å². The number of halogens is 2. The van der Waals surface area contributed by atoms with Gasteiger partial charge in [-0.3, -0.25) is 18.9 Å². The van der Waals surface area contributed by atoms with E-state index < -0.39 is 60.8 Å². The van der Waals surface area contributed by atoms with E-state index in [1.165, 1.54) is 21.9 Å². The standard InChI is InChI=1S/C39H38F2N5O8PS/c40-39(41,55(51,52)53)28-11-14-33-26(17-28)18-34(56-33)35(47)43-31-22-44(38(50)54-23-24-7-3-1-4-8-24)16-15-29-12-13-32(46(29)36(31)48)37(49)45-20-27(19-42)30(21-45)25-9-5-2-6-10-25/h1-11,14,17-18,27,29-32H,12-13,15-16,20-23H2,(H,43,47)(H2,51,52,53)/t27-,29-,30+,31+,32+/m1/s1. The van der Waals surface area contributed by atoms with Crippen molar-refractivity contribution in [3.05, 3.63) is 106 Å². The second-order valence-corrected chi connectivity index (χ2v) is 17.0. The van der Waals surface area contributed by atoms with Crippen LogP contribution in [0.25, 0.3) is 10.1 Å². The Kier molecular flexibility index (Phi) is 11.0. The van der Waals surface area contributed by atoms with Gasteiger partial charge in [0, 0.05) is 41.9 Å². The van der Waals surface area contributed by atoms with E-state index >= 15 is 0 Å². The topological polar surface area (TPSA) is 181 Å². The van der Waals surface area contributed by atoms with Crippen LogP contribution in [-0.2, 0) is 31.2 Å². The average molecular weight is 806 g/mol. The van der Waals surface area contributed by atoms with Gasteiger partial charge in [-0.25, -0.2) is 4.79 Å². The Labute approximate surface area is 324 Å². The summed E-state index contributed by atoms with van der Waals surface area (Å²) in [5.74, 6) is -2.28. The predicted molar refractivity (Wildman–Crippen MR) is 200 cm³/mol. The first-order valence-corrected chi connectivity index (χ1v) is 20.5. The van der Waals surface area contributed by atoms with Crippen molar-refractivity contribution in [3.63, 3.8) is 0 Å². The molecular weight excluding hydrogens is 767 g/mol. The first-order valence-electron chi connectivity index (χ1n) is 18.0. The van der Waals surface area contributed by atoms with Crippen molar-refractivity contribution in [2.75, 3.05) is 26.2 Å². The molecule has 0 saturated carbocycles. The third-order valence-electron chi connectivity index (χ3n) is 10.7. The summed E-state index contributed by atoms with van der Waals surface area (Å²) in [4.78, 5) is 79.1. The van der Waals surface area contributed by atoms with Crippen LogP contribution in [0.1, 0.15) is 51.5 Å². The molecule has 4 aromatic rings. The Morgan fingerprint density at radius 1 is 0.946 bits per heavy atom. The van der Waals surface area contributed by atoms with Crippen molar-refractivity contribution in [1.29, 1.82) is 5.26 Å². The summed E-state index contributed by atoms with van der Waals surface area (Å²) < 4.78 is 46.4. The summed E-state index contributed by atoms with van der Waals surface area (Å²) in [6.07, 6.45) is 0.454. The van der Waals surface area contributed by atoms with E-state index in [1.54, 1.807) is 29.2 Å². The van der Waals surface area contributed by atoms with Crippen LogP contribution in [-0.4, -0.2) is 92.6 Å². The number of nitrogens with one attached hydrogen (secondary N) is 1. The lowest BCUT2D eigenvalue weighted by Gasteiger charge is -2.39. The molecule has 3 fully saturated rings. The van der Waals surface area contributed by atoms with Crippen molar-refractivity contribution >= 4 is 52.8 Å². The summed E-state index contributed by atoms with van der Waals surface area (Å²) >= 11 is 0.918. The number of amides is 4. The van der Waals surface area contributed by atoms with E-state index in [1.807, 2.05) is 36.4 Å². The van der Waals surface area contributed by atoms with E-state index in [9.17, 15) is 47.6 Å². The van der Waals surface area contributed by atoms with Crippen LogP contribution in [0.5, 0.6) is 0 Å². The number of alkyl halides is 2. The Bertz CT molecular complexity index is 2230. The van der Waals surface area contributed by atoms with Crippen molar-refractivity contribution in [2.45, 2.75) is 55.6 Å². The van der Waals surface area contributed by atoms with Gasteiger partial charge in [0.1, 0.15) is 18.7 Å². The monoisotopic (exact) mass is 805 g/mol. The normalized spacial score (nSPS) is 22.9. The Balaban J connectivity index is 1.14. The molecule has 5 atom stereocenters. The third-order valence-corrected chi connectivity index (χ3v) is 12.8. The first-order chi connectivity index (χ1) is 26.7. The lowest BCUT2D eigenvalue weighted by atomic mass is 9.90. The molecule has 0 unspecified atom stereocenters. The summed E-state index contributed by atoms with van der Waals surface area (Å²) in [5.41, 5.74) is -3.69. The summed E-state index contributed by atoms with van der Waals surface area (Å²) in [5, 5.41) is 12.8. The van der Waals surface area contributed by atoms with Crippen molar-refractivity contribution in [1.82, 2.24) is 20.0 Å². The number of hydrogen-bond acceptors (Lipinski definition) is 8. The predicted octanol–water partition coefficient (Wildman–Crippen LogP) is 5.39. The quantitative estimate of drug-likeness (QED) is 0.197. The Morgan fingerprint density at radius 2 is 1.66 bits per heavy atom. The van der Waals surface area contributed by atoms with Crippen molar-refractivity contribution < 1.29 is 47.0 Å². The fourth-order valence-electron chi connectivity index (χ4n) is 7.80. The number of benzene rings is 3. The van der Waals surface area contributed by atoms with Crippen LogP contribution in [0.4, 0.5) is 13.6 Å². The van der Waals surface area contributed by atoms with Crippen molar-refractivity contribution in [3.8, 4) is 6.07 Å². The van der Waals surface area contributed by atoms with E-state index in [-0.39, 0.29) is 48.3 Å². The Hall–Kier alpha value is -5.20. The number of carbonyl (C=O) groups excluding carboxylic acids is 4. The molecule has 4 amide bonds. The average Bonchev–Trinajstić information content (AvgIpc) is 3.94. The second-order valence-electron chi connectivity index (χ2n) is 14.2. The maximum atomic E-state index is 14.6. The zero-order chi connectivity index (χ0) is 39.8. The minimum atomic E-state index is -5.84. The van der Waals surface area contributed by atoms with E-state index in [2.05, 4.69) is 11.4 Å². The van der Waals surface area contributed by atoms with Crippen molar-refractivity contribution in [2.24, 2.45) is 5.92 Å². The molecule has 7 rings (SSSR count). The molecule has 0 bridgehead atoms. The number of ether oxygens (including phenoxy) is 1. The molecule has 13 nitrogen and oxygen atoms in total. The minimum Gasteiger partial charge on any atom is -0.445 e. The van der Waals surface area contributed by atoms with Gasteiger partial charge in [-0.1, -0.05) is 66.7 Å². The molecule has 292 valence electrons. The zero-order valence-corrected chi connectivity index (χ0v) is 31.6. The molecule has 3 aliphatic rings. The van der Waals surface area contributed by atoms with Gasteiger partial charge in [-0.2, -0.15) is 14.0 Å². The smallest absolute Gasteiger partial charge is 0.410 e. The molecule has 0 spiro atoms. The molecule has 3 saturated heterocycles. The molecular formula is C39H38F2N5O8PS. The lowest BCUT2D eigenvalue weighted by molar-refractivity contribution is -0.147. The van der Waals surface area contributed by atoms with Gasteiger partial charge in [-0.15, -0.1) is 11.3 Å². The third kappa shape index (κ3) is 7.77. The van der Waals surface area contributed by atoms with Gasteiger partial charge in [0.25, 0.3) is 5.91 Å². The molecule has 17 heteroatoms. The maximum Gasteiger partial charge on any atom is 0.410 e. The van der Waals surface area contributed by atoms with E-state index in [0.717, 1.165) is 34.6 Å². The molecule has 0 radical (unpaired) electrons. The number of hydrogen-bond donors (Lipinski definition) is 3. The van der Waals surface area contributed by atoms with Gasteiger partial charge >= 0.3 is 19.4 Å². The van der Waals surface area contributed by atoms with Gasteiger partial charge in [0.15, 0.2) is 0 Å². The second kappa shape index (κ2) is 15.7. The summed E-state index contributed by atoms with van der Waals surface area (Å²) in [7, 11) is -5.84. The molecule has 4 heterocycles. The molecule has 0 aliphatic carbocycles. The van der Waals surface area contributed by atoms with Gasteiger partial charge in [0.05, 0.1) is 23.4 Å². The van der Waals surface area contributed by atoms with E-state index in [0.29, 0.717) is 30.5 Å². The highest BCUT2D eigenvalue weighted by Gasteiger charge is 2.51. The van der Waals surface area contributed by atoms with Crippen LogP contribution < -0.4 is 5.32 Å². The largest absolute Gasteiger partial charge is 0.445 e. The maximum absolute atomic E-state index is 14.6. The molecule has 56 heavy (non-hydrogen) atoms. The minimum absolute atomic E-state index is 0.0156. The van der Waals surface area contributed by atoms with E-state index in [4.69, 9.17) is 4.74 Å². The fourth-order valence-corrected chi connectivity index (χ4v) is 9.23. The fraction of sp³-hybridized carbons (Fsp3) is 0.359. The highest BCUT2D eigenvalue weighted by Crippen LogP contribution is 2.59. The lowest BCUT2D eigenvalue weighted by Crippen LogP contribution is -2.61. The molecule has 1 aromatic heterocycles. The van der Waals surface area contributed by atoms with Crippen LogP contribution in [0.15, 0.2) is 84.9 Å². The van der Waals surface area contributed by atoms with Crippen LogP contribution in [0, 0.1) is 17.2 Å². The number of carbonyl (C=O) groups is 4. The number of rotatable bonds is 8. The molecule has 3 aromatic carbocycles.